The Morgan fingerprint density at radius 1 is 1.02 bits per heavy atom. The highest BCUT2D eigenvalue weighted by atomic mass is 79.9. The van der Waals surface area contributed by atoms with Gasteiger partial charge in [0, 0.05) is 26.4 Å². The van der Waals surface area contributed by atoms with E-state index >= 15 is 0 Å². The van der Waals surface area contributed by atoms with Crippen LogP contribution in [0.25, 0.3) is 32.6 Å². The number of nitrogens with two attached hydrogens (primary N) is 2. The summed E-state index contributed by atoms with van der Waals surface area (Å²) in [6.07, 6.45) is 0. The van der Waals surface area contributed by atoms with Crippen molar-refractivity contribution in [2.24, 2.45) is 0 Å². The second-order valence-corrected chi connectivity index (χ2v) is 11.1. The molecule has 0 bridgehead atoms. The van der Waals surface area contributed by atoms with Crippen molar-refractivity contribution in [3.8, 4) is 45.7 Å². The Morgan fingerprint density at radius 3 is 2.30 bits per heavy atom. The molecule has 3 heterocycles. The van der Waals surface area contributed by atoms with Gasteiger partial charge in [0.15, 0.2) is 16.6 Å². The van der Waals surface area contributed by atoms with Gasteiger partial charge in [0.2, 0.25) is 5.75 Å². The number of nitrogen functional groups attached to an aromatic ring is 2. The van der Waals surface area contributed by atoms with Gasteiger partial charge < -0.3 is 25.7 Å². The molecule has 13 heteroatoms. The summed E-state index contributed by atoms with van der Waals surface area (Å²) >= 11 is 5.79. The lowest BCUT2D eigenvalue weighted by Gasteiger charge is -2.16. The molecule has 0 atom stereocenters. The number of ether oxygens (including phenoxy) is 3. The number of amides is 1. The first-order valence-electron chi connectivity index (χ1n) is 11.5. The fourth-order valence-corrected chi connectivity index (χ4v) is 6.19. The molecule has 1 amide bonds. The van der Waals surface area contributed by atoms with Crippen molar-refractivity contribution in [2.45, 2.75) is 0 Å². The number of halogens is 1. The zero-order chi connectivity index (χ0) is 28.6. The van der Waals surface area contributed by atoms with E-state index in [1.807, 2.05) is 29.6 Å². The Hall–Kier alpha value is -4.38. The lowest BCUT2D eigenvalue weighted by Crippen LogP contribution is -2.11. The molecule has 3 aromatic heterocycles. The van der Waals surface area contributed by atoms with E-state index in [1.165, 1.54) is 32.7 Å². The van der Waals surface area contributed by atoms with Gasteiger partial charge in [-0.15, -0.1) is 22.7 Å². The van der Waals surface area contributed by atoms with Crippen LogP contribution in [0, 0.1) is 11.3 Å². The molecule has 5 aromatic rings. The van der Waals surface area contributed by atoms with Crippen LogP contribution in [-0.4, -0.2) is 37.2 Å². The third-order valence-electron chi connectivity index (χ3n) is 6.04. The first-order valence-corrected chi connectivity index (χ1v) is 14.0. The maximum Gasteiger partial charge on any atom is 0.269 e. The van der Waals surface area contributed by atoms with Crippen molar-refractivity contribution in [1.82, 2.24) is 9.97 Å². The van der Waals surface area contributed by atoms with E-state index in [2.05, 4.69) is 37.3 Å². The van der Waals surface area contributed by atoms with Gasteiger partial charge in [-0.3, -0.25) is 10.1 Å². The molecule has 0 radical (unpaired) electrons. The summed E-state index contributed by atoms with van der Waals surface area (Å²) in [4.78, 5) is 22.9. The number of benzene rings is 2. The molecule has 0 saturated heterocycles. The molecule has 0 aliphatic carbocycles. The van der Waals surface area contributed by atoms with Gasteiger partial charge in [-0.05, 0) is 29.8 Å². The van der Waals surface area contributed by atoms with Gasteiger partial charge in [-0.1, -0.05) is 28.1 Å². The van der Waals surface area contributed by atoms with Crippen LogP contribution in [0.1, 0.15) is 15.2 Å². The second kappa shape index (κ2) is 11.0. The molecule has 0 fully saturated rings. The quantitative estimate of drug-likeness (QED) is 0.190. The summed E-state index contributed by atoms with van der Waals surface area (Å²) in [5.41, 5.74) is 15.6. The van der Waals surface area contributed by atoms with Gasteiger partial charge in [-0.2, -0.15) is 5.26 Å². The minimum atomic E-state index is -0.454. The number of hydrogen-bond acceptors (Lipinski definition) is 11. The van der Waals surface area contributed by atoms with Crippen molar-refractivity contribution in [3.05, 3.63) is 56.7 Å². The number of nitriles is 1. The van der Waals surface area contributed by atoms with Crippen LogP contribution in [-0.2, 0) is 0 Å². The second-order valence-electron chi connectivity index (χ2n) is 8.30. The summed E-state index contributed by atoms with van der Waals surface area (Å²) in [7, 11) is 4.48. The molecular formula is C27H21BrN6O4S2. The number of nitrogens with one attached hydrogen (secondary N) is 1. The van der Waals surface area contributed by atoms with Crippen LogP contribution in [0.3, 0.4) is 0 Å². The van der Waals surface area contributed by atoms with Crippen LogP contribution in [0.2, 0.25) is 0 Å². The molecule has 0 unspecified atom stereocenters. The Morgan fingerprint density at radius 2 is 1.70 bits per heavy atom. The topological polar surface area (TPSA) is 158 Å². The summed E-state index contributed by atoms with van der Waals surface area (Å²) in [6, 6.07) is 13.2. The predicted molar refractivity (Wildman–Crippen MR) is 161 cm³/mol. The number of fused-ring (bicyclic) bond motifs is 1. The molecule has 10 nitrogen and oxygen atoms in total. The molecule has 0 spiro atoms. The third kappa shape index (κ3) is 4.77. The van der Waals surface area contributed by atoms with Gasteiger partial charge in [0.25, 0.3) is 5.91 Å². The van der Waals surface area contributed by atoms with E-state index in [-0.39, 0.29) is 21.9 Å². The zero-order valence-corrected chi connectivity index (χ0v) is 24.6. The van der Waals surface area contributed by atoms with Crippen molar-refractivity contribution in [3.63, 3.8) is 0 Å². The van der Waals surface area contributed by atoms with Gasteiger partial charge in [0.05, 0.1) is 32.7 Å². The largest absolute Gasteiger partial charge is 0.493 e. The minimum absolute atomic E-state index is 0.00558. The van der Waals surface area contributed by atoms with E-state index in [1.54, 1.807) is 12.1 Å². The summed E-state index contributed by atoms with van der Waals surface area (Å²) in [5.74, 6) is 0.689. The van der Waals surface area contributed by atoms with Crippen LogP contribution >= 0.6 is 38.6 Å². The standard InChI is InChI=1S/C27H21BrN6O4S2/c1-36-17-8-13(9-18(37-2)22(17)38-3)19-15(10-29)24(31)33-26-20(19)21(30)23(40-26)25(35)34-27-32-16(11-39-27)12-4-6-14(28)7-5-12/h4-9,11H,30H2,1-3H3,(H2,31,33)(H,32,34,35). The number of pyridine rings is 1. The molecule has 40 heavy (non-hydrogen) atoms. The Bertz CT molecular complexity index is 1790. The number of anilines is 3. The fraction of sp³-hybridized carbons (Fsp3) is 0.111. The number of rotatable bonds is 7. The Labute approximate surface area is 245 Å². The van der Waals surface area contributed by atoms with Crippen LogP contribution in [0.15, 0.2) is 46.3 Å². The van der Waals surface area contributed by atoms with Crippen LogP contribution in [0.5, 0.6) is 17.2 Å². The average Bonchev–Trinajstić information content (AvgIpc) is 3.55. The number of methoxy groups -OCH3 is 3. The molecule has 2 aromatic carbocycles. The maximum absolute atomic E-state index is 13.4. The Kier molecular flexibility index (Phi) is 7.49. The van der Waals surface area contributed by atoms with Crippen LogP contribution in [0.4, 0.5) is 16.6 Å². The zero-order valence-electron chi connectivity index (χ0n) is 21.4. The number of aromatic nitrogens is 2. The molecule has 5 N–H and O–H groups in total. The lowest BCUT2D eigenvalue weighted by molar-refractivity contribution is 0.103. The molecule has 5 rings (SSSR count). The van der Waals surface area contributed by atoms with E-state index in [4.69, 9.17) is 25.7 Å². The predicted octanol–water partition coefficient (Wildman–Crippen LogP) is 6.16. The van der Waals surface area contributed by atoms with Crippen molar-refractivity contribution >= 4 is 71.4 Å². The third-order valence-corrected chi connectivity index (χ3v) is 8.43. The molecular weight excluding hydrogens is 616 g/mol. The van der Waals surface area contributed by atoms with Crippen LogP contribution < -0.4 is 31.0 Å². The monoisotopic (exact) mass is 636 g/mol. The lowest BCUT2D eigenvalue weighted by atomic mass is 9.96. The summed E-state index contributed by atoms with van der Waals surface area (Å²) < 4.78 is 17.4. The van der Waals surface area contributed by atoms with Crippen molar-refractivity contribution < 1.29 is 19.0 Å². The van der Waals surface area contributed by atoms with Gasteiger partial charge in [-0.25, -0.2) is 9.97 Å². The van der Waals surface area contributed by atoms with Crippen molar-refractivity contribution in [2.75, 3.05) is 38.1 Å². The number of nitrogens with zero attached hydrogens (tertiary/aromatic N) is 3. The maximum atomic E-state index is 13.4. The normalized spacial score (nSPS) is 10.8. The highest BCUT2D eigenvalue weighted by Gasteiger charge is 2.26. The van der Waals surface area contributed by atoms with E-state index in [0.717, 1.165) is 27.1 Å². The fourth-order valence-electron chi connectivity index (χ4n) is 4.20. The van der Waals surface area contributed by atoms with Crippen molar-refractivity contribution in [1.29, 1.82) is 5.26 Å². The Balaban J connectivity index is 1.60. The van der Waals surface area contributed by atoms with E-state index < -0.39 is 5.91 Å². The molecule has 0 saturated carbocycles. The number of hydrogen-bond donors (Lipinski definition) is 3. The molecule has 0 aliphatic heterocycles. The van der Waals surface area contributed by atoms with E-state index in [0.29, 0.717) is 43.7 Å². The van der Waals surface area contributed by atoms with E-state index in [9.17, 15) is 10.1 Å². The molecule has 0 aliphatic rings. The highest BCUT2D eigenvalue weighted by molar-refractivity contribution is 9.10. The van der Waals surface area contributed by atoms with Gasteiger partial charge >= 0.3 is 0 Å². The number of carbonyl (C=O) groups excluding carboxylic acids is 1. The number of thiazole rings is 1. The molecule has 202 valence electrons. The minimum Gasteiger partial charge on any atom is -0.493 e. The smallest absolute Gasteiger partial charge is 0.269 e. The first-order chi connectivity index (χ1) is 19.3. The highest BCUT2D eigenvalue weighted by Crippen LogP contribution is 2.47. The summed E-state index contributed by atoms with van der Waals surface area (Å²) in [5, 5.41) is 15.5. The SMILES string of the molecule is COc1cc(-c2c(C#N)c(N)nc3sc(C(=O)Nc4nc(-c5ccc(Br)cc5)cs4)c(N)c23)cc(OC)c1OC. The van der Waals surface area contributed by atoms with Gasteiger partial charge in [0.1, 0.15) is 27.2 Å². The average molecular weight is 638 g/mol. The first kappa shape index (κ1) is 27.2. The number of thiophene rings is 1. The summed E-state index contributed by atoms with van der Waals surface area (Å²) in [6.45, 7) is 0. The number of carbonyl (C=O) groups is 1.